The van der Waals surface area contributed by atoms with Crippen LogP contribution in [0, 0.1) is 11.8 Å². The molecule has 2 aromatic carbocycles. The summed E-state index contributed by atoms with van der Waals surface area (Å²) in [6.07, 6.45) is -0.314. The van der Waals surface area contributed by atoms with Crippen LogP contribution in [0.1, 0.15) is 50.5 Å². The third kappa shape index (κ3) is 6.45. The molecule has 4 atom stereocenters. The summed E-state index contributed by atoms with van der Waals surface area (Å²) < 4.78 is 6.48. The lowest BCUT2D eigenvalue weighted by atomic mass is 9.94. The fourth-order valence-electron chi connectivity index (χ4n) is 4.38. The van der Waals surface area contributed by atoms with E-state index in [1.54, 1.807) is 16.8 Å². The Morgan fingerprint density at radius 1 is 1.08 bits per heavy atom. The maximum Gasteiger partial charge on any atom is 0.317 e. The van der Waals surface area contributed by atoms with Crippen molar-refractivity contribution in [1.82, 2.24) is 15.1 Å². The first-order valence-electron chi connectivity index (χ1n) is 12.9. The van der Waals surface area contributed by atoms with Crippen molar-refractivity contribution in [2.24, 2.45) is 11.8 Å². The summed E-state index contributed by atoms with van der Waals surface area (Å²) >= 11 is 0. The van der Waals surface area contributed by atoms with Crippen LogP contribution in [-0.2, 0) is 11.3 Å². The second-order valence-electron chi connectivity index (χ2n) is 10.4. The number of urea groups is 1. The maximum atomic E-state index is 13.8. The van der Waals surface area contributed by atoms with Gasteiger partial charge in [-0.1, -0.05) is 63.2 Å². The van der Waals surface area contributed by atoms with Gasteiger partial charge < -0.3 is 25.0 Å². The number of carbonyl (C=O) groups excluding carboxylic acids is 2. The Bertz CT molecular complexity index is 1040. The van der Waals surface area contributed by atoms with Gasteiger partial charge in [-0.05, 0) is 42.5 Å². The smallest absolute Gasteiger partial charge is 0.317 e. The average molecular weight is 496 g/mol. The molecule has 0 aromatic heterocycles. The molecule has 1 aliphatic heterocycles. The Labute approximate surface area is 215 Å². The summed E-state index contributed by atoms with van der Waals surface area (Å²) in [6, 6.07) is 15.1. The molecule has 2 N–H and O–H groups in total. The number of hydrogen-bond acceptors (Lipinski definition) is 4. The van der Waals surface area contributed by atoms with Gasteiger partial charge in [-0.3, -0.25) is 4.79 Å². The Kier molecular flexibility index (Phi) is 9.51. The largest absolute Gasteiger partial charge is 0.394 e. The molecule has 0 unspecified atom stereocenters. The van der Waals surface area contributed by atoms with E-state index in [2.05, 4.69) is 19.2 Å². The Hall–Kier alpha value is -2.90. The van der Waals surface area contributed by atoms with Gasteiger partial charge in [0.05, 0.1) is 25.4 Å². The van der Waals surface area contributed by atoms with Crippen molar-refractivity contribution in [3.8, 4) is 11.1 Å². The molecule has 7 heteroatoms. The zero-order valence-electron chi connectivity index (χ0n) is 22.4. The highest BCUT2D eigenvalue weighted by molar-refractivity contribution is 6.01. The molecule has 3 rings (SSSR count). The number of aliphatic hydroxyl groups is 1. The predicted molar refractivity (Wildman–Crippen MR) is 143 cm³/mol. The molecule has 0 saturated heterocycles. The molecule has 0 bridgehead atoms. The van der Waals surface area contributed by atoms with E-state index in [0.29, 0.717) is 31.2 Å². The van der Waals surface area contributed by atoms with Gasteiger partial charge in [0.25, 0.3) is 5.91 Å². The predicted octanol–water partition coefficient (Wildman–Crippen LogP) is 4.40. The molecule has 7 nitrogen and oxygen atoms in total. The van der Waals surface area contributed by atoms with E-state index in [0.717, 1.165) is 16.7 Å². The average Bonchev–Trinajstić information content (AvgIpc) is 2.89. The van der Waals surface area contributed by atoms with Crippen molar-refractivity contribution in [3.05, 3.63) is 59.7 Å². The number of nitrogens with zero attached hydrogens (tertiary/aromatic N) is 2. The van der Waals surface area contributed by atoms with Gasteiger partial charge in [0.15, 0.2) is 0 Å². The topological polar surface area (TPSA) is 82.1 Å². The summed E-state index contributed by atoms with van der Waals surface area (Å²) in [5, 5.41) is 13.0. The second-order valence-corrected chi connectivity index (χ2v) is 10.4. The van der Waals surface area contributed by atoms with Gasteiger partial charge in [-0.15, -0.1) is 0 Å². The number of amides is 3. The van der Waals surface area contributed by atoms with Crippen LogP contribution in [0.2, 0.25) is 0 Å². The quantitative estimate of drug-likeness (QED) is 0.623. The molecule has 0 saturated carbocycles. The number of nitrogens with one attached hydrogen (secondary N) is 1. The fraction of sp³-hybridized carbons (Fsp3) is 0.517. The lowest BCUT2D eigenvalue weighted by molar-refractivity contribution is -0.0185. The highest BCUT2D eigenvalue weighted by Gasteiger charge is 2.31. The molecule has 1 aliphatic rings. The molecular formula is C29H41N3O4. The van der Waals surface area contributed by atoms with Gasteiger partial charge >= 0.3 is 6.03 Å². The first-order valence-corrected chi connectivity index (χ1v) is 12.9. The molecular weight excluding hydrogens is 454 g/mol. The number of hydrogen-bond donors (Lipinski definition) is 2. The number of carbonyl (C=O) groups is 2. The molecule has 3 amide bonds. The van der Waals surface area contributed by atoms with Crippen molar-refractivity contribution in [3.63, 3.8) is 0 Å². The highest BCUT2D eigenvalue weighted by Crippen LogP contribution is 2.31. The van der Waals surface area contributed by atoms with Gasteiger partial charge in [0.1, 0.15) is 0 Å². The fourth-order valence-corrected chi connectivity index (χ4v) is 4.38. The molecule has 1 heterocycles. The number of aliphatic hydroxyl groups excluding tert-OH is 1. The van der Waals surface area contributed by atoms with E-state index in [9.17, 15) is 14.7 Å². The minimum absolute atomic E-state index is 0.0507. The molecule has 0 spiro atoms. The Morgan fingerprint density at radius 3 is 2.33 bits per heavy atom. The monoisotopic (exact) mass is 495 g/mol. The molecule has 0 radical (unpaired) electrons. The lowest BCUT2D eigenvalue weighted by Gasteiger charge is -2.35. The van der Waals surface area contributed by atoms with Crippen LogP contribution in [0.4, 0.5) is 4.79 Å². The van der Waals surface area contributed by atoms with Crippen molar-refractivity contribution >= 4 is 11.9 Å². The van der Waals surface area contributed by atoms with Crippen molar-refractivity contribution < 1.29 is 19.4 Å². The van der Waals surface area contributed by atoms with Crippen LogP contribution in [-0.4, -0.2) is 71.8 Å². The van der Waals surface area contributed by atoms with Crippen molar-refractivity contribution in [2.75, 3.05) is 26.7 Å². The lowest BCUT2D eigenvalue weighted by Crippen LogP contribution is -2.50. The number of benzene rings is 2. The van der Waals surface area contributed by atoms with Crippen LogP contribution in [0.15, 0.2) is 48.5 Å². The number of rotatable bonds is 6. The molecule has 36 heavy (non-hydrogen) atoms. The Morgan fingerprint density at radius 2 is 1.69 bits per heavy atom. The maximum absolute atomic E-state index is 13.8. The first kappa shape index (κ1) is 27.7. The molecule has 196 valence electrons. The van der Waals surface area contributed by atoms with Gasteiger partial charge in [-0.25, -0.2) is 4.79 Å². The Balaban J connectivity index is 1.97. The van der Waals surface area contributed by atoms with Crippen molar-refractivity contribution in [2.45, 2.75) is 59.4 Å². The van der Waals surface area contributed by atoms with E-state index in [4.69, 9.17) is 4.74 Å². The summed E-state index contributed by atoms with van der Waals surface area (Å²) in [7, 11) is 1.77. The van der Waals surface area contributed by atoms with E-state index in [1.807, 2.05) is 69.3 Å². The van der Waals surface area contributed by atoms with E-state index < -0.39 is 0 Å². The minimum Gasteiger partial charge on any atom is -0.394 e. The number of likely N-dealkylation sites (N-methyl/N-ethyl adjacent to an activating group) is 1. The van der Waals surface area contributed by atoms with Crippen LogP contribution in [0.5, 0.6) is 0 Å². The third-order valence-corrected chi connectivity index (χ3v) is 7.25. The third-order valence-electron chi connectivity index (χ3n) is 7.25. The molecule has 0 aliphatic carbocycles. The zero-order valence-corrected chi connectivity index (χ0v) is 22.4. The summed E-state index contributed by atoms with van der Waals surface area (Å²) in [6.45, 7) is 11.0. The first-order chi connectivity index (χ1) is 17.1. The number of ether oxygens (including phenoxy) is 1. The number of fused-ring (bicyclic) bond motifs is 3. The summed E-state index contributed by atoms with van der Waals surface area (Å²) in [5.74, 6) is 0.122. The second kappa shape index (κ2) is 12.4. The SMILES string of the molecule is CC(C)[C@@H](C)NC(=O)N(C)C[C@@H]1OCc2ccccc2-c2ccccc2C(=O)N([C@@H](C)CO)C[C@H]1C. The van der Waals surface area contributed by atoms with Crippen LogP contribution >= 0.6 is 0 Å². The zero-order chi connectivity index (χ0) is 26.4. The standard InChI is InChI=1S/C29H41N3O4/c1-19(2)22(5)30-29(35)31(6)16-27-20(3)15-32(21(4)17-33)28(34)26-14-10-9-13-25(26)24-12-8-7-11-23(24)18-36-27/h7-14,19-22,27,33H,15-18H2,1-6H3,(H,30,35)/t20-,21+,22-,27+/m1/s1. The minimum atomic E-state index is -0.363. The van der Waals surface area contributed by atoms with Crippen LogP contribution < -0.4 is 5.32 Å². The summed E-state index contributed by atoms with van der Waals surface area (Å²) in [4.78, 5) is 30.1. The van der Waals surface area contributed by atoms with Crippen LogP contribution in [0.25, 0.3) is 11.1 Å². The highest BCUT2D eigenvalue weighted by atomic mass is 16.5. The van der Waals surface area contributed by atoms with E-state index in [-0.39, 0.29) is 42.7 Å². The normalized spacial score (nSPS) is 20.1. The summed E-state index contributed by atoms with van der Waals surface area (Å²) in [5.41, 5.74) is 3.39. The van der Waals surface area contributed by atoms with Crippen molar-refractivity contribution in [1.29, 1.82) is 0 Å². The van der Waals surface area contributed by atoms with Gasteiger partial charge in [0.2, 0.25) is 0 Å². The van der Waals surface area contributed by atoms with E-state index in [1.165, 1.54) is 0 Å². The molecule has 0 fully saturated rings. The molecule has 2 aromatic rings. The van der Waals surface area contributed by atoms with Crippen LogP contribution in [0.3, 0.4) is 0 Å². The van der Waals surface area contributed by atoms with Gasteiger partial charge in [0, 0.05) is 37.7 Å². The van der Waals surface area contributed by atoms with E-state index >= 15 is 0 Å². The van der Waals surface area contributed by atoms with Gasteiger partial charge in [-0.2, -0.15) is 0 Å².